The average molecular weight is 609 g/mol. The Labute approximate surface area is 265 Å². The topological polar surface area (TPSA) is 85.4 Å². The van der Waals surface area contributed by atoms with Crippen molar-refractivity contribution >= 4 is 11.9 Å². The summed E-state index contributed by atoms with van der Waals surface area (Å²) in [4.78, 5) is 23.9. The van der Waals surface area contributed by atoms with Crippen molar-refractivity contribution in [2.24, 2.45) is 5.92 Å². The number of hydrogen-bond acceptors (Lipinski definition) is 6. The van der Waals surface area contributed by atoms with Crippen molar-refractivity contribution in [3.05, 3.63) is 12.2 Å². The van der Waals surface area contributed by atoms with Crippen LogP contribution in [0.15, 0.2) is 12.2 Å². The average Bonchev–Trinajstić information content (AvgIpc) is 3.74. The van der Waals surface area contributed by atoms with Gasteiger partial charge in [-0.3, -0.25) is 9.59 Å². The monoisotopic (exact) mass is 609 g/mol. The van der Waals surface area contributed by atoms with Crippen molar-refractivity contribution in [1.29, 1.82) is 0 Å². The molecule has 6 heteroatoms. The minimum atomic E-state index is -0.968. The van der Waals surface area contributed by atoms with Gasteiger partial charge in [0.2, 0.25) is 0 Å². The number of aliphatic hydroxyl groups is 1. The van der Waals surface area contributed by atoms with Gasteiger partial charge < -0.3 is 19.3 Å². The summed E-state index contributed by atoms with van der Waals surface area (Å²) < 4.78 is 16.0. The predicted molar refractivity (Wildman–Crippen MR) is 177 cm³/mol. The van der Waals surface area contributed by atoms with Crippen molar-refractivity contribution in [3.8, 4) is 0 Å². The van der Waals surface area contributed by atoms with Crippen molar-refractivity contribution in [2.75, 3.05) is 13.2 Å². The summed E-state index contributed by atoms with van der Waals surface area (Å²) in [5, 5.41) is 9.99. The molecule has 2 unspecified atom stereocenters. The second kappa shape index (κ2) is 28.1. The van der Waals surface area contributed by atoms with Crippen LogP contribution < -0.4 is 0 Å². The van der Waals surface area contributed by atoms with E-state index in [1.165, 1.54) is 89.9 Å². The first-order chi connectivity index (χ1) is 20.9. The van der Waals surface area contributed by atoms with Crippen LogP contribution in [0.4, 0.5) is 0 Å². The maximum absolute atomic E-state index is 11.9. The van der Waals surface area contributed by atoms with Crippen molar-refractivity contribution in [1.82, 2.24) is 0 Å². The lowest BCUT2D eigenvalue weighted by Gasteiger charge is -2.12. The quantitative estimate of drug-likeness (QED) is 0.0365. The first-order valence-corrected chi connectivity index (χ1v) is 18.2. The normalized spacial score (nSPS) is 17.0. The smallest absolute Gasteiger partial charge is 0.305 e. The summed E-state index contributed by atoms with van der Waals surface area (Å²) in [6.45, 7) is 6.58. The largest absolute Gasteiger partial charge is 0.463 e. The molecule has 252 valence electrons. The lowest BCUT2D eigenvalue weighted by Crippen LogP contribution is -2.25. The van der Waals surface area contributed by atoms with E-state index in [1.807, 2.05) is 0 Å². The Morgan fingerprint density at radius 2 is 1.19 bits per heavy atom. The number of ether oxygens (including phenoxy) is 3. The summed E-state index contributed by atoms with van der Waals surface area (Å²) in [5.41, 5.74) is 0. The van der Waals surface area contributed by atoms with Gasteiger partial charge in [-0.05, 0) is 44.4 Å². The van der Waals surface area contributed by atoms with E-state index >= 15 is 0 Å². The van der Waals surface area contributed by atoms with E-state index in [4.69, 9.17) is 14.2 Å². The highest BCUT2D eigenvalue weighted by Crippen LogP contribution is 2.30. The van der Waals surface area contributed by atoms with E-state index in [0.717, 1.165) is 57.3 Å². The first kappa shape index (κ1) is 39.6. The molecule has 0 aromatic heterocycles. The van der Waals surface area contributed by atoms with E-state index in [1.54, 1.807) is 0 Å². The van der Waals surface area contributed by atoms with Crippen LogP contribution in [0.1, 0.15) is 175 Å². The second-order valence-electron chi connectivity index (χ2n) is 13.2. The Balaban J connectivity index is 1.82. The van der Waals surface area contributed by atoms with Gasteiger partial charge in [0.15, 0.2) is 0 Å². The molecule has 0 amide bonds. The van der Waals surface area contributed by atoms with Crippen LogP contribution in [0, 0.1) is 5.92 Å². The number of esters is 2. The van der Waals surface area contributed by atoms with E-state index in [-0.39, 0.29) is 25.2 Å². The predicted octanol–water partition coefficient (Wildman–Crippen LogP) is 9.80. The van der Waals surface area contributed by atoms with E-state index in [9.17, 15) is 14.7 Å². The number of epoxide rings is 1. The fraction of sp³-hybridized carbons (Fsp3) is 0.892. The Morgan fingerprint density at radius 1 is 0.674 bits per heavy atom. The third-order valence-corrected chi connectivity index (χ3v) is 8.35. The third-order valence-electron chi connectivity index (χ3n) is 8.35. The van der Waals surface area contributed by atoms with Gasteiger partial charge in [0.05, 0.1) is 12.2 Å². The molecule has 0 spiro atoms. The van der Waals surface area contributed by atoms with Crippen LogP contribution in [0.5, 0.6) is 0 Å². The number of unbranched alkanes of at least 4 members (excludes halogenated alkanes) is 16. The minimum Gasteiger partial charge on any atom is -0.463 e. The lowest BCUT2D eigenvalue weighted by atomic mass is 10.0. The maximum Gasteiger partial charge on any atom is 0.305 e. The van der Waals surface area contributed by atoms with Crippen LogP contribution in [0.3, 0.4) is 0 Å². The molecule has 0 radical (unpaired) electrons. The SMILES string of the molecule is CCCCCC1OC1C/C=C\CCCCCCCC(=O)OC[C@@H](O)COC(=O)CCCCCCCCCCCCC(C)C. The van der Waals surface area contributed by atoms with E-state index in [0.29, 0.717) is 25.0 Å². The molecule has 0 bridgehead atoms. The zero-order chi connectivity index (χ0) is 31.4. The molecule has 0 aromatic rings. The highest BCUT2D eigenvalue weighted by Gasteiger charge is 2.36. The fourth-order valence-corrected chi connectivity index (χ4v) is 5.45. The summed E-state index contributed by atoms with van der Waals surface area (Å²) in [6.07, 6.45) is 31.5. The zero-order valence-corrected chi connectivity index (χ0v) is 28.3. The summed E-state index contributed by atoms with van der Waals surface area (Å²) >= 11 is 0. The maximum atomic E-state index is 11.9. The summed E-state index contributed by atoms with van der Waals surface area (Å²) in [6, 6.07) is 0. The fourth-order valence-electron chi connectivity index (χ4n) is 5.45. The summed E-state index contributed by atoms with van der Waals surface area (Å²) in [5.74, 6) is 0.243. The molecule has 0 aliphatic carbocycles. The number of carbonyl (C=O) groups is 2. The van der Waals surface area contributed by atoms with Crippen LogP contribution in [0.25, 0.3) is 0 Å². The highest BCUT2D eigenvalue weighted by molar-refractivity contribution is 5.69. The third kappa shape index (κ3) is 26.7. The summed E-state index contributed by atoms with van der Waals surface area (Å²) in [7, 11) is 0. The molecule has 1 rings (SSSR count). The highest BCUT2D eigenvalue weighted by atomic mass is 16.6. The molecule has 0 saturated carbocycles. The van der Waals surface area contributed by atoms with Crippen LogP contribution in [-0.4, -0.2) is 48.6 Å². The standard InChI is InChI=1S/C37H68O6/c1-4-5-20-26-34-35(43-34)27-22-17-13-10-11-15-19-24-29-37(40)42-31-33(38)30-41-36(39)28-23-18-14-9-7-6-8-12-16-21-25-32(2)3/h17,22,32-35,38H,4-16,18-21,23-31H2,1-3H3/b22-17-/t33-,34?,35?/m0/s1. The van der Waals surface area contributed by atoms with Gasteiger partial charge in [-0.2, -0.15) is 0 Å². The lowest BCUT2D eigenvalue weighted by molar-refractivity contribution is -0.152. The van der Waals surface area contributed by atoms with E-state index in [2.05, 4.69) is 32.9 Å². The van der Waals surface area contributed by atoms with Gasteiger partial charge >= 0.3 is 11.9 Å². The first-order valence-electron chi connectivity index (χ1n) is 18.2. The van der Waals surface area contributed by atoms with Crippen molar-refractivity contribution in [3.63, 3.8) is 0 Å². The molecule has 6 nitrogen and oxygen atoms in total. The van der Waals surface area contributed by atoms with Crippen molar-refractivity contribution in [2.45, 2.75) is 193 Å². The molecular weight excluding hydrogens is 540 g/mol. The second-order valence-corrected chi connectivity index (χ2v) is 13.2. The molecule has 1 fully saturated rings. The van der Waals surface area contributed by atoms with Crippen LogP contribution in [0.2, 0.25) is 0 Å². The Kier molecular flexibility index (Phi) is 25.9. The number of hydrogen-bond donors (Lipinski definition) is 1. The Morgan fingerprint density at radius 3 is 1.72 bits per heavy atom. The number of rotatable bonds is 31. The number of allylic oxidation sites excluding steroid dienone is 1. The molecule has 1 aliphatic rings. The molecule has 1 saturated heterocycles. The molecule has 3 atom stereocenters. The van der Waals surface area contributed by atoms with Crippen LogP contribution in [-0.2, 0) is 23.8 Å². The molecule has 1 heterocycles. The van der Waals surface area contributed by atoms with Gasteiger partial charge in [0.25, 0.3) is 0 Å². The van der Waals surface area contributed by atoms with Gasteiger partial charge in [0.1, 0.15) is 19.3 Å². The Bertz CT molecular complexity index is 691. The van der Waals surface area contributed by atoms with E-state index < -0.39 is 6.10 Å². The van der Waals surface area contributed by atoms with Gasteiger partial charge in [-0.15, -0.1) is 0 Å². The van der Waals surface area contributed by atoms with Crippen molar-refractivity contribution < 1.29 is 28.9 Å². The molecule has 43 heavy (non-hydrogen) atoms. The van der Waals surface area contributed by atoms with Gasteiger partial charge in [0, 0.05) is 12.8 Å². The molecule has 1 aliphatic heterocycles. The van der Waals surface area contributed by atoms with Gasteiger partial charge in [-0.1, -0.05) is 136 Å². The number of aliphatic hydroxyl groups excluding tert-OH is 1. The van der Waals surface area contributed by atoms with Gasteiger partial charge in [-0.25, -0.2) is 0 Å². The number of carbonyl (C=O) groups excluding carboxylic acids is 2. The Hall–Kier alpha value is -1.40. The zero-order valence-electron chi connectivity index (χ0n) is 28.3. The molecule has 0 aromatic carbocycles. The molecule has 1 N–H and O–H groups in total. The molecular formula is C37H68O6. The van der Waals surface area contributed by atoms with Crippen LogP contribution >= 0.6 is 0 Å². The minimum absolute atomic E-state index is 0.120.